The molecule has 1 aromatic carbocycles. The minimum absolute atomic E-state index is 0.0111. The minimum Gasteiger partial charge on any atom is -0.351 e. The average Bonchev–Trinajstić information content (AvgIpc) is 2.37. The zero-order chi connectivity index (χ0) is 13.9. The van der Waals surface area contributed by atoms with Crippen molar-refractivity contribution in [1.29, 1.82) is 0 Å². The molecule has 1 aromatic rings. The van der Waals surface area contributed by atoms with Crippen LogP contribution in [0.25, 0.3) is 0 Å². The van der Waals surface area contributed by atoms with Crippen molar-refractivity contribution in [2.75, 3.05) is 11.5 Å². The summed E-state index contributed by atoms with van der Waals surface area (Å²) < 4.78 is 23.0. The molecule has 1 heterocycles. The van der Waals surface area contributed by atoms with Crippen molar-refractivity contribution in [3.63, 3.8) is 0 Å². The van der Waals surface area contributed by atoms with Crippen LogP contribution in [0.5, 0.6) is 0 Å². The largest absolute Gasteiger partial charge is 0.351 e. The summed E-state index contributed by atoms with van der Waals surface area (Å²) in [6, 6.07) is 8.69. The molecule has 0 aromatic heterocycles. The molecule has 2 rings (SSSR count). The van der Waals surface area contributed by atoms with Gasteiger partial charge in [0.15, 0.2) is 9.84 Å². The van der Waals surface area contributed by atoms with Gasteiger partial charge in [-0.05, 0) is 18.4 Å². The second-order valence-electron chi connectivity index (χ2n) is 4.74. The van der Waals surface area contributed by atoms with Crippen LogP contribution < -0.4 is 5.32 Å². The summed E-state index contributed by atoms with van der Waals surface area (Å²) in [5, 5.41) is 1.94. The number of benzene rings is 1. The summed E-state index contributed by atoms with van der Waals surface area (Å²) >= 11 is 6.09. The topological polar surface area (TPSA) is 63.2 Å². The monoisotopic (exact) mass is 301 g/mol. The Bertz CT molecular complexity index is 544. The molecular formula is C13H16ClNO3S. The Kier molecular flexibility index (Phi) is 4.47. The number of sulfone groups is 1. The number of carbonyl (C=O) groups is 1. The van der Waals surface area contributed by atoms with Crippen molar-refractivity contribution in [2.45, 2.75) is 24.3 Å². The second kappa shape index (κ2) is 5.92. The van der Waals surface area contributed by atoms with E-state index in [1.165, 1.54) is 0 Å². The Balaban J connectivity index is 1.98. The molecule has 4 nitrogen and oxygen atoms in total. The number of hydrogen-bond acceptors (Lipinski definition) is 3. The standard InChI is InChI=1S/C13H16ClNO3S/c14-12(10-5-2-1-3-6-10)13(16)15-11-7-4-8-19(17,18)9-11/h1-3,5-6,11-12H,4,7-9H2,(H,15,16). The third kappa shape index (κ3) is 3.94. The first kappa shape index (κ1) is 14.3. The van der Waals surface area contributed by atoms with Crippen LogP contribution in [0.3, 0.4) is 0 Å². The van der Waals surface area contributed by atoms with Crippen LogP contribution in [0.4, 0.5) is 0 Å². The molecule has 2 unspecified atom stereocenters. The summed E-state index contributed by atoms with van der Waals surface area (Å²) in [7, 11) is -3.03. The maximum atomic E-state index is 12.0. The van der Waals surface area contributed by atoms with Gasteiger partial charge in [0.05, 0.1) is 11.5 Å². The SMILES string of the molecule is O=C(NC1CCCS(=O)(=O)C1)C(Cl)c1ccccc1. The van der Waals surface area contributed by atoms with Crippen LogP contribution in [0, 0.1) is 0 Å². The molecule has 1 aliphatic heterocycles. The number of rotatable bonds is 3. The predicted molar refractivity (Wildman–Crippen MR) is 74.9 cm³/mol. The zero-order valence-electron chi connectivity index (χ0n) is 10.4. The van der Waals surface area contributed by atoms with E-state index in [4.69, 9.17) is 11.6 Å². The molecule has 104 valence electrons. The Morgan fingerprint density at radius 1 is 1.32 bits per heavy atom. The van der Waals surface area contributed by atoms with Gasteiger partial charge in [0.2, 0.25) is 5.91 Å². The molecule has 2 atom stereocenters. The van der Waals surface area contributed by atoms with Gasteiger partial charge < -0.3 is 5.32 Å². The molecule has 0 aliphatic carbocycles. The number of amides is 1. The number of nitrogens with one attached hydrogen (secondary N) is 1. The number of halogens is 1. The van der Waals surface area contributed by atoms with Gasteiger partial charge in [0, 0.05) is 6.04 Å². The number of alkyl halides is 1. The first-order valence-corrected chi connectivity index (χ1v) is 8.43. The molecule has 0 saturated carbocycles. The lowest BCUT2D eigenvalue weighted by molar-refractivity contribution is -0.121. The fourth-order valence-electron chi connectivity index (χ4n) is 2.18. The smallest absolute Gasteiger partial charge is 0.242 e. The van der Waals surface area contributed by atoms with Crippen LogP contribution >= 0.6 is 11.6 Å². The molecule has 0 spiro atoms. The van der Waals surface area contributed by atoms with Crippen LogP contribution in [-0.4, -0.2) is 31.9 Å². The molecule has 1 amide bonds. The highest BCUT2D eigenvalue weighted by Crippen LogP contribution is 2.21. The third-order valence-corrected chi connectivity index (χ3v) is 5.40. The van der Waals surface area contributed by atoms with E-state index in [1.807, 2.05) is 18.2 Å². The summed E-state index contributed by atoms with van der Waals surface area (Å²) in [6.45, 7) is 0. The van der Waals surface area contributed by atoms with Crippen molar-refractivity contribution in [3.05, 3.63) is 35.9 Å². The van der Waals surface area contributed by atoms with Gasteiger partial charge in [-0.1, -0.05) is 30.3 Å². The van der Waals surface area contributed by atoms with E-state index in [0.717, 1.165) is 0 Å². The summed E-state index contributed by atoms with van der Waals surface area (Å²) in [6.07, 6.45) is 1.27. The third-order valence-electron chi connectivity index (χ3n) is 3.13. The Labute approximate surface area is 118 Å². The van der Waals surface area contributed by atoms with E-state index in [1.54, 1.807) is 12.1 Å². The van der Waals surface area contributed by atoms with Gasteiger partial charge in [-0.2, -0.15) is 0 Å². The van der Waals surface area contributed by atoms with Crippen molar-refractivity contribution < 1.29 is 13.2 Å². The fraction of sp³-hybridized carbons (Fsp3) is 0.462. The molecular weight excluding hydrogens is 286 g/mol. The quantitative estimate of drug-likeness (QED) is 0.864. The first-order chi connectivity index (χ1) is 8.98. The Morgan fingerprint density at radius 2 is 2.00 bits per heavy atom. The second-order valence-corrected chi connectivity index (χ2v) is 7.40. The van der Waals surface area contributed by atoms with E-state index < -0.39 is 15.2 Å². The van der Waals surface area contributed by atoms with Crippen molar-refractivity contribution in [3.8, 4) is 0 Å². The summed E-state index contributed by atoms with van der Waals surface area (Å²) in [5.41, 5.74) is 0.709. The number of hydrogen-bond donors (Lipinski definition) is 1. The lowest BCUT2D eigenvalue weighted by atomic mass is 10.1. The zero-order valence-corrected chi connectivity index (χ0v) is 12.0. The first-order valence-electron chi connectivity index (χ1n) is 6.18. The van der Waals surface area contributed by atoms with Crippen molar-refractivity contribution in [1.82, 2.24) is 5.32 Å². The highest BCUT2D eigenvalue weighted by atomic mass is 35.5. The lowest BCUT2D eigenvalue weighted by Gasteiger charge is -2.24. The molecule has 0 radical (unpaired) electrons. The van der Waals surface area contributed by atoms with E-state index in [9.17, 15) is 13.2 Å². The molecule has 1 saturated heterocycles. The average molecular weight is 302 g/mol. The van der Waals surface area contributed by atoms with E-state index in [2.05, 4.69) is 5.32 Å². The molecule has 19 heavy (non-hydrogen) atoms. The normalized spacial score (nSPS) is 23.5. The van der Waals surface area contributed by atoms with Crippen LogP contribution in [0.2, 0.25) is 0 Å². The van der Waals surface area contributed by atoms with Crippen molar-refractivity contribution in [2.24, 2.45) is 0 Å². The molecule has 6 heteroatoms. The lowest BCUT2D eigenvalue weighted by Crippen LogP contribution is -2.44. The molecule has 0 bridgehead atoms. The maximum Gasteiger partial charge on any atom is 0.242 e. The fourth-order valence-corrected chi connectivity index (χ4v) is 4.03. The van der Waals surface area contributed by atoms with E-state index in [-0.39, 0.29) is 23.5 Å². The maximum absolute atomic E-state index is 12.0. The van der Waals surface area contributed by atoms with Gasteiger partial charge in [-0.3, -0.25) is 4.79 Å². The van der Waals surface area contributed by atoms with Gasteiger partial charge in [0.1, 0.15) is 5.38 Å². The highest BCUT2D eigenvalue weighted by molar-refractivity contribution is 7.91. The van der Waals surface area contributed by atoms with Gasteiger partial charge in [0.25, 0.3) is 0 Å². The van der Waals surface area contributed by atoms with Gasteiger partial charge in [-0.25, -0.2) is 8.42 Å². The number of carbonyl (C=O) groups excluding carboxylic acids is 1. The van der Waals surface area contributed by atoms with Crippen LogP contribution in [-0.2, 0) is 14.6 Å². The molecule has 1 fully saturated rings. The van der Waals surface area contributed by atoms with E-state index >= 15 is 0 Å². The summed E-state index contributed by atoms with van der Waals surface area (Å²) in [5.74, 6) is -0.116. The minimum atomic E-state index is -3.03. The van der Waals surface area contributed by atoms with Gasteiger partial charge in [-0.15, -0.1) is 11.6 Å². The van der Waals surface area contributed by atoms with E-state index in [0.29, 0.717) is 18.4 Å². The van der Waals surface area contributed by atoms with Crippen molar-refractivity contribution >= 4 is 27.3 Å². The Hall–Kier alpha value is -1.07. The predicted octanol–water partition coefficient (Wildman–Crippen LogP) is 1.66. The highest BCUT2D eigenvalue weighted by Gasteiger charge is 2.28. The molecule has 1 aliphatic rings. The van der Waals surface area contributed by atoms with Crippen LogP contribution in [0.15, 0.2) is 30.3 Å². The summed E-state index contributed by atoms with van der Waals surface area (Å²) in [4.78, 5) is 12.0. The van der Waals surface area contributed by atoms with Gasteiger partial charge >= 0.3 is 0 Å². The molecule has 1 N–H and O–H groups in total. The van der Waals surface area contributed by atoms with Crippen LogP contribution in [0.1, 0.15) is 23.8 Å². The Morgan fingerprint density at radius 3 is 2.63 bits per heavy atom.